The highest BCUT2D eigenvalue weighted by Gasteiger charge is 2.17. The Morgan fingerprint density at radius 1 is 1.14 bits per heavy atom. The van der Waals surface area contributed by atoms with E-state index in [1.165, 1.54) is 30.3 Å². The summed E-state index contributed by atoms with van der Waals surface area (Å²) in [7, 11) is 0. The highest BCUT2D eigenvalue weighted by atomic mass is 35.5. The summed E-state index contributed by atoms with van der Waals surface area (Å²) in [6, 6.07) is 10.8. The molecule has 114 valence electrons. The number of benzene rings is 2. The smallest absolute Gasteiger partial charge is 0.253 e. The van der Waals surface area contributed by atoms with Crippen molar-refractivity contribution in [2.45, 2.75) is 12.5 Å². The van der Waals surface area contributed by atoms with Crippen LogP contribution in [-0.2, 0) is 4.79 Å². The monoisotopic (exact) mass is 320 g/mol. The van der Waals surface area contributed by atoms with Crippen LogP contribution in [0.4, 0.5) is 4.39 Å². The van der Waals surface area contributed by atoms with Gasteiger partial charge in [0.25, 0.3) is 5.91 Å². The molecule has 0 saturated heterocycles. The molecule has 0 saturated carbocycles. The van der Waals surface area contributed by atoms with Gasteiger partial charge >= 0.3 is 0 Å². The fourth-order valence-corrected chi connectivity index (χ4v) is 2.22. The van der Waals surface area contributed by atoms with Crippen molar-refractivity contribution in [2.75, 3.05) is 0 Å². The van der Waals surface area contributed by atoms with Crippen LogP contribution in [0.25, 0.3) is 0 Å². The van der Waals surface area contributed by atoms with Crippen LogP contribution in [0.1, 0.15) is 28.4 Å². The summed E-state index contributed by atoms with van der Waals surface area (Å²) in [4.78, 5) is 23.1. The number of nitrogens with one attached hydrogen (secondary N) is 1. The average Bonchev–Trinajstić information content (AvgIpc) is 2.47. The van der Waals surface area contributed by atoms with Gasteiger partial charge < -0.3 is 15.2 Å². The SMILES string of the molecule is O=C([O-])C[C@@H](NC(=O)c1ccccc1Cl)c1ccc(F)cc1. The molecule has 2 aromatic carbocycles. The molecule has 0 aliphatic rings. The first kappa shape index (κ1) is 16.0. The number of carbonyl (C=O) groups excluding carboxylic acids is 2. The first-order valence-corrected chi connectivity index (χ1v) is 6.86. The second-order valence-corrected chi connectivity index (χ2v) is 5.04. The van der Waals surface area contributed by atoms with E-state index in [0.717, 1.165) is 0 Å². The summed E-state index contributed by atoms with van der Waals surface area (Å²) in [6.45, 7) is 0. The molecule has 0 unspecified atom stereocenters. The Kier molecular flexibility index (Phi) is 5.12. The molecule has 0 aromatic heterocycles. The van der Waals surface area contributed by atoms with Gasteiger partial charge in [-0.15, -0.1) is 0 Å². The first-order chi connectivity index (χ1) is 10.5. The van der Waals surface area contributed by atoms with Gasteiger partial charge in [0.1, 0.15) is 5.82 Å². The molecule has 0 radical (unpaired) electrons. The molecule has 0 bridgehead atoms. The van der Waals surface area contributed by atoms with Gasteiger partial charge in [0.15, 0.2) is 0 Å². The van der Waals surface area contributed by atoms with Gasteiger partial charge in [-0.2, -0.15) is 0 Å². The predicted molar refractivity (Wildman–Crippen MR) is 77.7 cm³/mol. The minimum absolute atomic E-state index is 0.231. The van der Waals surface area contributed by atoms with Crippen LogP contribution >= 0.6 is 11.6 Å². The number of amides is 1. The third-order valence-electron chi connectivity index (χ3n) is 3.07. The normalized spacial score (nSPS) is 11.7. The van der Waals surface area contributed by atoms with Crippen LogP contribution in [0.15, 0.2) is 48.5 Å². The highest BCUT2D eigenvalue weighted by Crippen LogP contribution is 2.20. The van der Waals surface area contributed by atoms with Crippen molar-refractivity contribution < 1.29 is 19.1 Å². The quantitative estimate of drug-likeness (QED) is 0.917. The van der Waals surface area contributed by atoms with Gasteiger partial charge in [0, 0.05) is 12.4 Å². The number of halogens is 2. The number of aliphatic carboxylic acids is 1. The molecule has 0 fully saturated rings. The van der Waals surface area contributed by atoms with E-state index in [1.807, 2.05) is 0 Å². The zero-order chi connectivity index (χ0) is 16.1. The standard InChI is InChI=1S/C16H13ClFNO3/c17-13-4-2-1-3-12(13)16(22)19-14(9-15(20)21)10-5-7-11(18)8-6-10/h1-8,14H,9H2,(H,19,22)(H,20,21)/p-1/t14-/m1/s1. The molecule has 0 heterocycles. The minimum atomic E-state index is -1.33. The number of carboxylic acid groups (broad SMARTS) is 1. The lowest BCUT2D eigenvalue weighted by atomic mass is 10.0. The summed E-state index contributed by atoms with van der Waals surface area (Å²) in [6.07, 6.45) is -0.429. The molecule has 4 nitrogen and oxygen atoms in total. The fourth-order valence-electron chi connectivity index (χ4n) is 2.00. The molecule has 1 amide bonds. The lowest BCUT2D eigenvalue weighted by molar-refractivity contribution is -0.306. The molecule has 2 aromatic rings. The van der Waals surface area contributed by atoms with E-state index in [0.29, 0.717) is 5.56 Å². The van der Waals surface area contributed by atoms with E-state index >= 15 is 0 Å². The molecule has 2 rings (SSSR count). The molecule has 6 heteroatoms. The van der Waals surface area contributed by atoms with Crippen molar-refractivity contribution in [3.8, 4) is 0 Å². The zero-order valence-corrected chi connectivity index (χ0v) is 12.1. The Morgan fingerprint density at radius 3 is 2.36 bits per heavy atom. The lowest BCUT2D eigenvalue weighted by Crippen LogP contribution is -2.34. The average molecular weight is 321 g/mol. The van der Waals surface area contributed by atoms with Crippen molar-refractivity contribution in [1.29, 1.82) is 0 Å². The van der Waals surface area contributed by atoms with E-state index in [1.54, 1.807) is 18.2 Å². The Balaban J connectivity index is 2.23. The van der Waals surface area contributed by atoms with Crippen LogP contribution in [0.5, 0.6) is 0 Å². The maximum absolute atomic E-state index is 13.0. The maximum Gasteiger partial charge on any atom is 0.253 e. The molecule has 0 spiro atoms. The summed E-state index contributed by atoms with van der Waals surface area (Å²) in [5, 5.41) is 13.7. The summed E-state index contributed by atoms with van der Waals surface area (Å²) >= 11 is 5.94. The Hall–Kier alpha value is -2.40. The van der Waals surface area contributed by atoms with Gasteiger partial charge in [-0.1, -0.05) is 35.9 Å². The number of hydrogen-bond acceptors (Lipinski definition) is 3. The van der Waals surface area contributed by atoms with Crippen molar-refractivity contribution >= 4 is 23.5 Å². The van der Waals surface area contributed by atoms with E-state index in [4.69, 9.17) is 11.6 Å². The zero-order valence-electron chi connectivity index (χ0n) is 11.4. The van der Waals surface area contributed by atoms with Gasteiger partial charge in [-0.05, 0) is 29.8 Å². The maximum atomic E-state index is 13.0. The number of rotatable bonds is 5. The Labute approximate surface area is 131 Å². The van der Waals surface area contributed by atoms with Crippen LogP contribution in [0.2, 0.25) is 5.02 Å². The molecule has 1 N–H and O–H groups in total. The number of carboxylic acids is 1. The fraction of sp³-hybridized carbons (Fsp3) is 0.125. The molecule has 0 aliphatic heterocycles. The van der Waals surface area contributed by atoms with Crippen LogP contribution in [0.3, 0.4) is 0 Å². The lowest BCUT2D eigenvalue weighted by Gasteiger charge is -2.20. The Bertz CT molecular complexity index is 688. The Morgan fingerprint density at radius 2 is 1.77 bits per heavy atom. The van der Waals surface area contributed by atoms with E-state index in [2.05, 4.69) is 5.32 Å². The van der Waals surface area contributed by atoms with Gasteiger partial charge in [0.2, 0.25) is 0 Å². The third kappa shape index (κ3) is 4.05. The second-order valence-electron chi connectivity index (χ2n) is 4.63. The number of carbonyl (C=O) groups is 2. The van der Waals surface area contributed by atoms with Crippen molar-refractivity contribution in [3.63, 3.8) is 0 Å². The minimum Gasteiger partial charge on any atom is -0.550 e. The molecular weight excluding hydrogens is 309 g/mol. The second kappa shape index (κ2) is 7.04. The van der Waals surface area contributed by atoms with E-state index in [9.17, 15) is 19.1 Å². The molecule has 22 heavy (non-hydrogen) atoms. The van der Waals surface area contributed by atoms with Gasteiger partial charge in [-0.3, -0.25) is 4.79 Å². The number of hydrogen-bond donors (Lipinski definition) is 1. The summed E-state index contributed by atoms with van der Waals surface area (Å²) in [5.41, 5.74) is 0.695. The summed E-state index contributed by atoms with van der Waals surface area (Å²) < 4.78 is 13.0. The third-order valence-corrected chi connectivity index (χ3v) is 3.40. The summed E-state index contributed by atoms with van der Waals surface area (Å²) in [5.74, 6) is -2.29. The first-order valence-electron chi connectivity index (χ1n) is 6.48. The van der Waals surface area contributed by atoms with Gasteiger partial charge in [-0.25, -0.2) is 4.39 Å². The van der Waals surface area contributed by atoms with Gasteiger partial charge in [0.05, 0.1) is 16.6 Å². The van der Waals surface area contributed by atoms with E-state index in [-0.39, 0.29) is 10.6 Å². The van der Waals surface area contributed by atoms with Crippen molar-refractivity contribution in [2.24, 2.45) is 0 Å². The van der Waals surface area contributed by atoms with Crippen LogP contribution in [0, 0.1) is 5.82 Å². The topological polar surface area (TPSA) is 69.2 Å². The molecule has 1 atom stereocenters. The predicted octanol–water partition coefficient (Wildman–Crippen LogP) is 2.09. The molecular formula is C16H12ClFNO3-. The van der Waals surface area contributed by atoms with Crippen molar-refractivity contribution in [1.82, 2.24) is 5.32 Å². The molecule has 0 aliphatic carbocycles. The highest BCUT2D eigenvalue weighted by molar-refractivity contribution is 6.33. The van der Waals surface area contributed by atoms with E-state index < -0.39 is 30.2 Å². The van der Waals surface area contributed by atoms with Crippen LogP contribution < -0.4 is 10.4 Å². The largest absolute Gasteiger partial charge is 0.550 e. The van der Waals surface area contributed by atoms with Crippen LogP contribution in [-0.4, -0.2) is 11.9 Å². The van der Waals surface area contributed by atoms with Crippen molar-refractivity contribution in [3.05, 3.63) is 70.5 Å².